The van der Waals surface area contributed by atoms with E-state index in [1.165, 1.54) is 63.0 Å². The van der Waals surface area contributed by atoms with Gasteiger partial charge in [-0.15, -0.1) is 0 Å². The summed E-state index contributed by atoms with van der Waals surface area (Å²) in [5, 5.41) is 0.825. The highest BCUT2D eigenvalue weighted by molar-refractivity contribution is 6.30. The number of carbonyl (C=O) groups is 1. The fraction of sp³-hybridized carbons (Fsp3) is 0.625. The van der Waals surface area contributed by atoms with Crippen LogP contribution in [-0.2, 0) is 16.0 Å². The van der Waals surface area contributed by atoms with Crippen molar-refractivity contribution >= 4 is 17.6 Å². The third kappa shape index (κ3) is 6.38. The van der Waals surface area contributed by atoms with E-state index in [1.807, 2.05) is 19.1 Å². The van der Waals surface area contributed by atoms with Crippen LogP contribution in [0.2, 0.25) is 5.02 Å². The van der Waals surface area contributed by atoms with Crippen molar-refractivity contribution in [2.75, 3.05) is 0 Å². The highest BCUT2D eigenvalue weighted by Gasteiger charge is 2.31. The lowest BCUT2D eigenvalue weighted by Gasteiger charge is -2.37. The second-order valence-corrected chi connectivity index (χ2v) is 8.86. The van der Waals surface area contributed by atoms with E-state index >= 15 is 0 Å². The zero-order chi connectivity index (χ0) is 19.1. The summed E-state index contributed by atoms with van der Waals surface area (Å²) in [6.45, 7) is 1.85. The van der Waals surface area contributed by atoms with Gasteiger partial charge in [-0.1, -0.05) is 42.7 Å². The lowest BCUT2D eigenvalue weighted by Crippen LogP contribution is -2.29. The number of allylic oxidation sites excluding steroid dienone is 1. The average molecular weight is 389 g/mol. The highest BCUT2D eigenvalue weighted by Crippen LogP contribution is 2.41. The Morgan fingerprint density at radius 3 is 2.19 bits per heavy atom. The molecule has 0 atom stereocenters. The van der Waals surface area contributed by atoms with Gasteiger partial charge in [-0.05, 0) is 93.7 Å². The lowest BCUT2D eigenvalue weighted by molar-refractivity contribution is -0.145. The maximum absolute atomic E-state index is 11.6. The molecule has 2 fully saturated rings. The number of ether oxygens (including phenoxy) is 1. The maximum Gasteiger partial charge on any atom is 0.330 e. The molecule has 0 aromatic heterocycles. The van der Waals surface area contributed by atoms with Crippen LogP contribution in [-0.4, -0.2) is 12.1 Å². The first-order valence-corrected chi connectivity index (χ1v) is 11.1. The van der Waals surface area contributed by atoms with E-state index in [-0.39, 0.29) is 12.1 Å². The number of esters is 1. The lowest BCUT2D eigenvalue weighted by atomic mass is 9.70. The first-order chi connectivity index (χ1) is 13.1. The summed E-state index contributed by atoms with van der Waals surface area (Å²) in [5.74, 6) is 2.44. The molecule has 1 aromatic rings. The zero-order valence-corrected chi connectivity index (χ0v) is 17.3. The first kappa shape index (κ1) is 20.5. The van der Waals surface area contributed by atoms with E-state index < -0.39 is 0 Å². The topological polar surface area (TPSA) is 26.3 Å². The molecule has 0 saturated heterocycles. The van der Waals surface area contributed by atoms with Crippen molar-refractivity contribution < 1.29 is 9.53 Å². The summed E-state index contributed by atoms with van der Waals surface area (Å²) in [7, 11) is 0. The molecule has 2 aliphatic carbocycles. The van der Waals surface area contributed by atoms with Gasteiger partial charge in [0, 0.05) is 11.1 Å². The largest absolute Gasteiger partial charge is 0.459 e. The average Bonchev–Trinajstić information content (AvgIpc) is 2.69. The molecule has 0 N–H and O–H groups in total. The molecule has 0 aliphatic heterocycles. The summed E-state index contributed by atoms with van der Waals surface area (Å²) >= 11 is 5.97. The van der Waals surface area contributed by atoms with Crippen molar-refractivity contribution in [1.29, 1.82) is 0 Å². The van der Waals surface area contributed by atoms with Crippen molar-refractivity contribution in [3.05, 3.63) is 47.0 Å². The van der Waals surface area contributed by atoms with Crippen molar-refractivity contribution in [3.8, 4) is 0 Å². The van der Waals surface area contributed by atoms with Crippen LogP contribution in [0.15, 0.2) is 36.4 Å². The number of carbonyl (C=O) groups excluding carboxylic acids is 1. The summed E-state index contributed by atoms with van der Waals surface area (Å²) < 4.78 is 5.53. The standard InChI is InChI=1S/C24H33ClO2/c1-2-3-24(26)27-23-16-12-21(13-17-23)20-10-6-18(7-11-20)4-5-19-8-14-22(25)15-9-19/h2-3,8-9,14-15,18,20-21,23H,4-7,10-13,16-17H2,1H3/b3-2+. The van der Waals surface area contributed by atoms with E-state index in [9.17, 15) is 4.79 Å². The molecule has 0 bridgehead atoms. The number of benzene rings is 1. The van der Waals surface area contributed by atoms with Crippen LogP contribution in [0.25, 0.3) is 0 Å². The van der Waals surface area contributed by atoms with E-state index in [2.05, 4.69) is 12.1 Å². The normalized spacial score (nSPS) is 29.0. The fourth-order valence-corrected chi connectivity index (χ4v) is 5.11. The zero-order valence-electron chi connectivity index (χ0n) is 16.5. The second-order valence-electron chi connectivity index (χ2n) is 8.42. The van der Waals surface area contributed by atoms with Crippen molar-refractivity contribution in [1.82, 2.24) is 0 Å². The summed E-state index contributed by atoms with van der Waals surface area (Å²) in [6, 6.07) is 8.32. The molecule has 3 heteroatoms. The number of hydrogen-bond acceptors (Lipinski definition) is 2. The minimum absolute atomic E-state index is 0.140. The predicted molar refractivity (Wildman–Crippen MR) is 112 cm³/mol. The molecule has 2 nitrogen and oxygen atoms in total. The Labute approximate surface area is 169 Å². The van der Waals surface area contributed by atoms with Gasteiger partial charge in [0.1, 0.15) is 6.10 Å². The van der Waals surface area contributed by atoms with Crippen LogP contribution >= 0.6 is 11.6 Å². The molecule has 148 valence electrons. The Morgan fingerprint density at radius 2 is 1.59 bits per heavy atom. The van der Waals surface area contributed by atoms with Crippen LogP contribution in [0, 0.1) is 17.8 Å². The molecular formula is C24H33ClO2. The molecule has 27 heavy (non-hydrogen) atoms. The van der Waals surface area contributed by atoms with Crippen LogP contribution in [0.1, 0.15) is 70.3 Å². The monoisotopic (exact) mass is 388 g/mol. The minimum Gasteiger partial charge on any atom is -0.459 e. The Kier molecular flexibility index (Phi) is 7.81. The molecule has 2 saturated carbocycles. The minimum atomic E-state index is -0.179. The smallest absolute Gasteiger partial charge is 0.330 e. The molecule has 0 heterocycles. The quantitative estimate of drug-likeness (QED) is 0.397. The van der Waals surface area contributed by atoms with E-state index in [4.69, 9.17) is 16.3 Å². The molecule has 0 spiro atoms. The summed E-state index contributed by atoms with van der Waals surface area (Å²) in [4.78, 5) is 11.6. The van der Waals surface area contributed by atoms with Gasteiger partial charge >= 0.3 is 5.97 Å². The number of aryl methyl sites for hydroxylation is 1. The van der Waals surface area contributed by atoms with Crippen LogP contribution < -0.4 is 0 Å². The predicted octanol–water partition coefficient (Wildman–Crippen LogP) is 6.76. The first-order valence-electron chi connectivity index (χ1n) is 10.7. The van der Waals surface area contributed by atoms with Gasteiger partial charge in [-0.3, -0.25) is 0 Å². The van der Waals surface area contributed by atoms with E-state index in [0.717, 1.165) is 35.6 Å². The second kappa shape index (κ2) is 10.3. The Bertz CT molecular complexity index is 606. The molecule has 1 aromatic carbocycles. The SMILES string of the molecule is C/C=C/C(=O)OC1CCC(C2CCC(CCc3ccc(Cl)cc3)CC2)CC1. The third-order valence-electron chi connectivity index (χ3n) is 6.62. The van der Waals surface area contributed by atoms with Crippen LogP contribution in [0.5, 0.6) is 0 Å². The van der Waals surface area contributed by atoms with Gasteiger partial charge in [0.05, 0.1) is 0 Å². The summed E-state index contributed by atoms with van der Waals surface area (Å²) in [6.07, 6.45) is 16.0. The van der Waals surface area contributed by atoms with Gasteiger partial charge < -0.3 is 4.74 Å². The van der Waals surface area contributed by atoms with Crippen molar-refractivity contribution in [2.24, 2.45) is 17.8 Å². The van der Waals surface area contributed by atoms with E-state index in [1.54, 1.807) is 6.08 Å². The number of rotatable bonds is 6. The van der Waals surface area contributed by atoms with Gasteiger partial charge in [0.25, 0.3) is 0 Å². The molecule has 2 aliphatic rings. The van der Waals surface area contributed by atoms with Gasteiger partial charge in [0.2, 0.25) is 0 Å². The van der Waals surface area contributed by atoms with Gasteiger partial charge in [-0.25, -0.2) is 4.79 Å². The molecule has 3 rings (SSSR count). The van der Waals surface area contributed by atoms with E-state index in [0.29, 0.717) is 0 Å². The molecular weight excluding hydrogens is 356 g/mol. The Hall–Kier alpha value is -1.28. The number of hydrogen-bond donors (Lipinski definition) is 0. The fourth-order valence-electron chi connectivity index (χ4n) is 4.99. The van der Waals surface area contributed by atoms with Crippen LogP contribution in [0.3, 0.4) is 0 Å². The molecule has 0 unspecified atom stereocenters. The third-order valence-corrected chi connectivity index (χ3v) is 6.87. The van der Waals surface area contributed by atoms with Crippen molar-refractivity contribution in [2.45, 2.75) is 77.2 Å². The van der Waals surface area contributed by atoms with Gasteiger partial charge in [-0.2, -0.15) is 0 Å². The number of halogens is 1. The molecule has 0 radical (unpaired) electrons. The summed E-state index contributed by atoms with van der Waals surface area (Å²) in [5.41, 5.74) is 1.41. The Morgan fingerprint density at radius 1 is 1.00 bits per heavy atom. The van der Waals surface area contributed by atoms with Crippen molar-refractivity contribution in [3.63, 3.8) is 0 Å². The highest BCUT2D eigenvalue weighted by atomic mass is 35.5. The van der Waals surface area contributed by atoms with Gasteiger partial charge in [0.15, 0.2) is 0 Å². The Balaban J connectivity index is 1.35. The van der Waals surface area contributed by atoms with Crippen LogP contribution in [0.4, 0.5) is 0 Å². The molecule has 0 amide bonds. The maximum atomic E-state index is 11.6.